The molecule has 0 aliphatic carbocycles. The Morgan fingerprint density at radius 2 is 1.84 bits per heavy atom. The second-order valence-corrected chi connectivity index (χ2v) is 6.51. The number of aliphatic carboxylic acids is 1. The van der Waals surface area contributed by atoms with E-state index in [9.17, 15) is 23.1 Å². The molecule has 7 heteroatoms. The monoisotopic (exact) mass is 369 g/mol. The molecule has 0 aromatic heterocycles. The lowest BCUT2D eigenvalue weighted by atomic mass is 9.92. The third-order valence-electron chi connectivity index (χ3n) is 4.35. The molecule has 1 atom stereocenters. The lowest BCUT2D eigenvalue weighted by molar-refractivity contribution is -0.144. The molecule has 1 aliphatic heterocycles. The number of hydrogen-bond donors (Lipinski definition) is 1. The second kappa shape index (κ2) is 6.69. The van der Waals surface area contributed by atoms with Gasteiger partial charge in [0.1, 0.15) is 6.04 Å². The maximum Gasteiger partial charge on any atom is 0.416 e. The molecular formula is C18H15ClF3NO2. The number of carbonyl (C=O) groups is 1. The fraction of sp³-hybridized carbons (Fsp3) is 0.278. The zero-order chi connectivity index (χ0) is 18.2. The summed E-state index contributed by atoms with van der Waals surface area (Å²) in [4.78, 5) is 13.3. The van der Waals surface area contributed by atoms with Crippen LogP contribution in [0, 0.1) is 0 Å². The molecule has 0 fully saturated rings. The van der Waals surface area contributed by atoms with Crippen molar-refractivity contribution in [3.63, 3.8) is 0 Å². The summed E-state index contributed by atoms with van der Waals surface area (Å²) >= 11 is 5.85. The van der Waals surface area contributed by atoms with Crippen molar-refractivity contribution >= 4 is 17.6 Å². The van der Waals surface area contributed by atoms with Gasteiger partial charge in [0, 0.05) is 18.1 Å². The number of halogens is 4. The Bertz CT molecular complexity index is 790. The van der Waals surface area contributed by atoms with Crippen molar-refractivity contribution in [1.82, 2.24) is 4.90 Å². The number of hydrogen-bond acceptors (Lipinski definition) is 2. The predicted octanol–water partition coefficient (Wildman–Crippen LogP) is 4.37. The lowest BCUT2D eigenvalue weighted by Gasteiger charge is -2.34. The molecule has 0 bridgehead atoms. The van der Waals surface area contributed by atoms with Gasteiger partial charge >= 0.3 is 12.1 Å². The van der Waals surface area contributed by atoms with Crippen LogP contribution in [-0.4, -0.2) is 22.0 Å². The van der Waals surface area contributed by atoms with E-state index in [1.54, 1.807) is 29.2 Å². The normalized spacial score (nSPS) is 18.0. The number of carboxylic acid groups (broad SMARTS) is 1. The van der Waals surface area contributed by atoms with Crippen molar-refractivity contribution in [2.24, 2.45) is 0 Å². The van der Waals surface area contributed by atoms with Crippen LogP contribution in [0.4, 0.5) is 13.2 Å². The van der Waals surface area contributed by atoms with E-state index in [1.165, 1.54) is 6.07 Å². The smallest absolute Gasteiger partial charge is 0.416 e. The summed E-state index contributed by atoms with van der Waals surface area (Å²) < 4.78 is 38.8. The largest absolute Gasteiger partial charge is 0.480 e. The number of fused-ring (bicyclic) bond motifs is 1. The van der Waals surface area contributed by atoms with Crippen LogP contribution in [0.25, 0.3) is 0 Å². The van der Waals surface area contributed by atoms with Gasteiger partial charge in [0.15, 0.2) is 0 Å². The molecule has 0 radical (unpaired) electrons. The van der Waals surface area contributed by atoms with E-state index in [4.69, 9.17) is 11.6 Å². The van der Waals surface area contributed by atoms with E-state index < -0.39 is 23.8 Å². The van der Waals surface area contributed by atoms with E-state index in [1.807, 2.05) is 0 Å². The topological polar surface area (TPSA) is 40.5 Å². The number of benzene rings is 2. The highest BCUT2D eigenvalue weighted by Gasteiger charge is 2.35. The molecule has 2 aromatic carbocycles. The molecule has 0 unspecified atom stereocenters. The quantitative estimate of drug-likeness (QED) is 0.873. The Balaban J connectivity index is 1.90. The van der Waals surface area contributed by atoms with Gasteiger partial charge in [0.05, 0.1) is 5.56 Å². The minimum atomic E-state index is -4.42. The van der Waals surface area contributed by atoms with Crippen LogP contribution < -0.4 is 0 Å². The molecule has 1 heterocycles. The van der Waals surface area contributed by atoms with E-state index in [0.29, 0.717) is 22.7 Å². The van der Waals surface area contributed by atoms with Gasteiger partial charge in [-0.2, -0.15) is 13.2 Å². The van der Waals surface area contributed by atoms with Gasteiger partial charge < -0.3 is 5.11 Å². The zero-order valence-electron chi connectivity index (χ0n) is 13.1. The van der Waals surface area contributed by atoms with Crippen LogP contribution in [0.2, 0.25) is 5.02 Å². The highest BCUT2D eigenvalue weighted by molar-refractivity contribution is 6.30. The van der Waals surface area contributed by atoms with Gasteiger partial charge in [-0.25, -0.2) is 0 Å². The number of rotatable bonds is 3. The number of nitrogens with zero attached hydrogens (tertiary/aromatic N) is 1. The molecule has 132 valence electrons. The van der Waals surface area contributed by atoms with Gasteiger partial charge in [0.25, 0.3) is 0 Å². The summed E-state index contributed by atoms with van der Waals surface area (Å²) in [5.74, 6) is -0.987. The van der Waals surface area contributed by atoms with Crippen LogP contribution in [0.3, 0.4) is 0 Å². The predicted molar refractivity (Wildman–Crippen MR) is 87.3 cm³/mol. The second-order valence-electron chi connectivity index (χ2n) is 6.07. The fourth-order valence-electron chi connectivity index (χ4n) is 3.05. The summed E-state index contributed by atoms with van der Waals surface area (Å²) in [6.07, 6.45) is -4.24. The minimum absolute atomic E-state index is 0.152. The minimum Gasteiger partial charge on any atom is -0.480 e. The van der Waals surface area contributed by atoms with Crippen molar-refractivity contribution in [1.29, 1.82) is 0 Å². The van der Waals surface area contributed by atoms with Gasteiger partial charge in [0.2, 0.25) is 0 Å². The number of carboxylic acids is 1. The number of alkyl halides is 3. The maximum absolute atomic E-state index is 12.9. The van der Waals surface area contributed by atoms with E-state index >= 15 is 0 Å². The van der Waals surface area contributed by atoms with Crippen LogP contribution >= 0.6 is 11.6 Å². The molecule has 1 N–H and O–H groups in total. The zero-order valence-corrected chi connectivity index (χ0v) is 13.8. The average molecular weight is 370 g/mol. The van der Waals surface area contributed by atoms with Gasteiger partial charge in [-0.3, -0.25) is 9.69 Å². The fourth-order valence-corrected chi connectivity index (χ4v) is 3.17. The van der Waals surface area contributed by atoms with Crippen LogP contribution in [0.1, 0.15) is 22.3 Å². The molecule has 2 aromatic rings. The van der Waals surface area contributed by atoms with Gasteiger partial charge in [-0.1, -0.05) is 29.8 Å². The molecule has 0 spiro atoms. The third kappa shape index (κ3) is 3.96. The van der Waals surface area contributed by atoms with Gasteiger partial charge in [-0.05, 0) is 47.4 Å². The van der Waals surface area contributed by atoms with Crippen LogP contribution in [0.15, 0.2) is 42.5 Å². The Morgan fingerprint density at radius 1 is 1.16 bits per heavy atom. The molecule has 0 saturated heterocycles. The Morgan fingerprint density at radius 3 is 2.44 bits per heavy atom. The Kier molecular flexibility index (Phi) is 4.75. The van der Waals surface area contributed by atoms with Crippen molar-refractivity contribution in [3.8, 4) is 0 Å². The van der Waals surface area contributed by atoms with E-state index in [2.05, 4.69) is 0 Å². The van der Waals surface area contributed by atoms with Crippen molar-refractivity contribution in [2.75, 3.05) is 0 Å². The first-order chi connectivity index (χ1) is 11.7. The summed E-state index contributed by atoms with van der Waals surface area (Å²) in [6.45, 7) is 0.475. The molecule has 0 amide bonds. The Hall–Kier alpha value is -2.05. The first-order valence-corrected chi connectivity index (χ1v) is 8.02. The van der Waals surface area contributed by atoms with E-state index in [-0.39, 0.29) is 13.0 Å². The molecule has 1 aliphatic rings. The standard InChI is InChI=1S/C18H15ClF3NO2/c19-15-5-1-11(2-6-15)9-23-10-13-7-14(18(20,21)22)4-3-12(13)8-16(23)17(24)25/h1-7,16H,8-10H2,(H,24,25)/t16-/m1/s1. The molecule has 3 rings (SSSR count). The third-order valence-corrected chi connectivity index (χ3v) is 4.60. The summed E-state index contributed by atoms with van der Waals surface area (Å²) in [6, 6.07) is 9.69. The molecular weight excluding hydrogens is 355 g/mol. The van der Waals surface area contributed by atoms with Crippen molar-refractivity contribution in [3.05, 3.63) is 69.7 Å². The van der Waals surface area contributed by atoms with Crippen LogP contribution in [-0.2, 0) is 30.5 Å². The summed E-state index contributed by atoms with van der Waals surface area (Å²) in [5.41, 5.74) is 1.30. The first-order valence-electron chi connectivity index (χ1n) is 7.64. The highest BCUT2D eigenvalue weighted by atomic mass is 35.5. The Labute approximate surface area is 147 Å². The molecule has 0 saturated carbocycles. The highest BCUT2D eigenvalue weighted by Crippen LogP contribution is 2.33. The average Bonchev–Trinajstić information content (AvgIpc) is 2.54. The maximum atomic E-state index is 12.9. The van der Waals surface area contributed by atoms with E-state index in [0.717, 1.165) is 17.7 Å². The summed E-state index contributed by atoms with van der Waals surface area (Å²) in [7, 11) is 0. The van der Waals surface area contributed by atoms with Crippen molar-refractivity contribution in [2.45, 2.75) is 31.7 Å². The van der Waals surface area contributed by atoms with Crippen LogP contribution in [0.5, 0.6) is 0 Å². The molecule has 25 heavy (non-hydrogen) atoms. The van der Waals surface area contributed by atoms with Gasteiger partial charge in [-0.15, -0.1) is 0 Å². The van der Waals surface area contributed by atoms with Crippen molar-refractivity contribution < 1.29 is 23.1 Å². The summed E-state index contributed by atoms with van der Waals surface area (Å²) in [5, 5.41) is 10.1. The molecule has 3 nitrogen and oxygen atoms in total. The first kappa shape index (κ1) is 17.8. The lowest BCUT2D eigenvalue weighted by Crippen LogP contribution is -2.45. The SMILES string of the molecule is O=C(O)[C@H]1Cc2ccc(C(F)(F)F)cc2CN1Cc1ccc(Cl)cc1.